The van der Waals surface area contributed by atoms with E-state index < -0.39 is 17.6 Å². The van der Waals surface area contributed by atoms with E-state index >= 15 is 0 Å². The Morgan fingerprint density at radius 2 is 1.92 bits per heavy atom. The summed E-state index contributed by atoms with van der Waals surface area (Å²) in [4.78, 5) is 30.0. The van der Waals surface area contributed by atoms with Gasteiger partial charge in [-0.3, -0.25) is 9.59 Å². The first-order valence-corrected chi connectivity index (χ1v) is 8.40. The quantitative estimate of drug-likeness (QED) is 0.879. The van der Waals surface area contributed by atoms with E-state index in [2.05, 4.69) is 10.3 Å². The summed E-state index contributed by atoms with van der Waals surface area (Å²) < 4.78 is 37.8. The standard InChI is InChI=1S/C16H14F3N3O2S/c17-16(18,19)11-3-1-10(2-4-11)14(24)22(12-5-6-12)9-13(23)21-15-20-7-8-25-15/h1-4,7-8,12H,5-6,9H2,(H,20,21,23). The van der Waals surface area contributed by atoms with Gasteiger partial charge in [-0.1, -0.05) is 0 Å². The van der Waals surface area contributed by atoms with Crippen LogP contribution in [0.3, 0.4) is 0 Å². The highest BCUT2D eigenvalue weighted by Gasteiger charge is 2.35. The molecule has 0 unspecified atom stereocenters. The van der Waals surface area contributed by atoms with Crippen molar-refractivity contribution in [2.24, 2.45) is 0 Å². The minimum atomic E-state index is -4.45. The van der Waals surface area contributed by atoms with E-state index in [0.717, 1.165) is 37.1 Å². The Kier molecular flexibility index (Phi) is 4.76. The van der Waals surface area contributed by atoms with E-state index in [0.29, 0.717) is 5.13 Å². The van der Waals surface area contributed by atoms with Crippen LogP contribution < -0.4 is 5.32 Å². The molecule has 1 fully saturated rings. The Morgan fingerprint density at radius 1 is 1.24 bits per heavy atom. The fraction of sp³-hybridized carbons (Fsp3) is 0.312. The first-order valence-electron chi connectivity index (χ1n) is 7.52. The van der Waals surface area contributed by atoms with Gasteiger partial charge >= 0.3 is 6.18 Å². The minimum absolute atomic E-state index is 0.0585. The van der Waals surface area contributed by atoms with Crippen molar-refractivity contribution in [1.29, 1.82) is 0 Å². The van der Waals surface area contributed by atoms with Gasteiger partial charge in [-0.2, -0.15) is 13.2 Å². The third-order valence-corrected chi connectivity index (χ3v) is 4.39. The maximum atomic E-state index is 12.6. The molecule has 1 heterocycles. The number of nitrogens with one attached hydrogen (secondary N) is 1. The highest BCUT2D eigenvalue weighted by molar-refractivity contribution is 7.13. The van der Waals surface area contributed by atoms with E-state index in [1.807, 2.05) is 0 Å². The molecule has 132 valence electrons. The number of aromatic nitrogens is 1. The van der Waals surface area contributed by atoms with E-state index in [1.165, 1.54) is 16.2 Å². The van der Waals surface area contributed by atoms with Crippen LogP contribution in [0.15, 0.2) is 35.8 Å². The van der Waals surface area contributed by atoms with Gasteiger partial charge in [-0.25, -0.2) is 4.98 Å². The van der Waals surface area contributed by atoms with Crippen LogP contribution in [0.5, 0.6) is 0 Å². The molecule has 1 aromatic heterocycles. The minimum Gasteiger partial charge on any atom is -0.326 e. The highest BCUT2D eigenvalue weighted by Crippen LogP contribution is 2.31. The summed E-state index contributed by atoms with van der Waals surface area (Å²) >= 11 is 1.26. The summed E-state index contributed by atoms with van der Waals surface area (Å²) in [5.74, 6) is -0.840. The van der Waals surface area contributed by atoms with Crippen LogP contribution >= 0.6 is 11.3 Å². The summed E-state index contributed by atoms with van der Waals surface area (Å²) in [5.41, 5.74) is -0.689. The number of thiazole rings is 1. The Bertz CT molecular complexity index is 756. The van der Waals surface area contributed by atoms with Gasteiger partial charge in [0, 0.05) is 23.2 Å². The molecule has 9 heteroatoms. The van der Waals surface area contributed by atoms with Crippen molar-refractivity contribution in [2.45, 2.75) is 25.1 Å². The number of halogens is 3. The van der Waals surface area contributed by atoms with Crippen molar-refractivity contribution in [2.75, 3.05) is 11.9 Å². The zero-order valence-corrected chi connectivity index (χ0v) is 13.7. The predicted molar refractivity (Wildman–Crippen MR) is 86.2 cm³/mol. The van der Waals surface area contributed by atoms with Gasteiger partial charge in [-0.15, -0.1) is 11.3 Å². The van der Waals surface area contributed by atoms with Gasteiger partial charge < -0.3 is 10.2 Å². The monoisotopic (exact) mass is 369 g/mol. The summed E-state index contributed by atoms with van der Waals surface area (Å²) in [7, 11) is 0. The number of carbonyl (C=O) groups excluding carboxylic acids is 2. The van der Waals surface area contributed by atoms with Gasteiger partial charge in [0.15, 0.2) is 5.13 Å². The molecule has 2 aromatic rings. The van der Waals surface area contributed by atoms with Crippen LogP contribution in [0.1, 0.15) is 28.8 Å². The number of hydrogen-bond acceptors (Lipinski definition) is 4. The van der Waals surface area contributed by atoms with Crippen LogP contribution in [0.2, 0.25) is 0 Å². The molecule has 0 aliphatic heterocycles. The molecule has 1 aromatic carbocycles. The van der Waals surface area contributed by atoms with Crippen LogP contribution in [0.25, 0.3) is 0 Å². The molecule has 0 radical (unpaired) electrons. The molecule has 0 saturated heterocycles. The summed E-state index contributed by atoms with van der Waals surface area (Å²) in [6.45, 7) is -0.163. The molecule has 25 heavy (non-hydrogen) atoms. The number of benzene rings is 1. The lowest BCUT2D eigenvalue weighted by atomic mass is 10.1. The summed E-state index contributed by atoms with van der Waals surface area (Å²) in [6, 6.07) is 3.96. The van der Waals surface area contributed by atoms with Crippen molar-refractivity contribution in [3.05, 3.63) is 47.0 Å². The Labute approximate surface area is 145 Å². The molecule has 5 nitrogen and oxygen atoms in total. The smallest absolute Gasteiger partial charge is 0.326 e. The van der Waals surface area contributed by atoms with Gasteiger partial charge in [0.2, 0.25) is 5.91 Å². The van der Waals surface area contributed by atoms with E-state index in [9.17, 15) is 22.8 Å². The van der Waals surface area contributed by atoms with Crippen molar-refractivity contribution >= 4 is 28.3 Å². The molecule has 1 aliphatic rings. The molecule has 0 atom stereocenters. The number of amides is 2. The van der Waals surface area contributed by atoms with Crippen LogP contribution in [0, 0.1) is 0 Å². The third kappa shape index (κ3) is 4.36. The van der Waals surface area contributed by atoms with Crippen LogP contribution in [0.4, 0.5) is 18.3 Å². The Morgan fingerprint density at radius 3 is 2.44 bits per heavy atom. The summed E-state index contributed by atoms with van der Waals surface area (Å²) in [6.07, 6.45) is -1.36. The topological polar surface area (TPSA) is 62.3 Å². The number of hydrogen-bond donors (Lipinski definition) is 1. The lowest BCUT2D eigenvalue weighted by Crippen LogP contribution is -2.39. The fourth-order valence-corrected chi connectivity index (χ4v) is 2.86. The summed E-state index contributed by atoms with van der Waals surface area (Å²) in [5, 5.41) is 4.74. The fourth-order valence-electron chi connectivity index (χ4n) is 2.32. The van der Waals surface area contributed by atoms with Crippen molar-refractivity contribution in [1.82, 2.24) is 9.88 Å². The third-order valence-electron chi connectivity index (χ3n) is 3.70. The highest BCUT2D eigenvalue weighted by atomic mass is 32.1. The molecular weight excluding hydrogens is 355 g/mol. The molecule has 1 N–H and O–H groups in total. The maximum absolute atomic E-state index is 12.6. The number of rotatable bonds is 5. The van der Waals surface area contributed by atoms with Gasteiger partial charge in [0.25, 0.3) is 5.91 Å². The number of anilines is 1. The molecule has 1 saturated carbocycles. The number of alkyl halides is 3. The molecule has 0 spiro atoms. The molecule has 2 amide bonds. The maximum Gasteiger partial charge on any atom is 0.416 e. The van der Waals surface area contributed by atoms with Gasteiger partial charge in [0.1, 0.15) is 6.54 Å². The van der Waals surface area contributed by atoms with E-state index in [4.69, 9.17) is 0 Å². The van der Waals surface area contributed by atoms with Gasteiger partial charge in [-0.05, 0) is 37.1 Å². The zero-order chi connectivity index (χ0) is 18.0. The van der Waals surface area contributed by atoms with Crippen LogP contribution in [-0.4, -0.2) is 34.3 Å². The van der Waals surface area contributed by atoms with E-state index in [-0.39, 0.29) is 24.1 Å². The first-order chi connectivity index (χ1) is 11.8. The number of carbonyl (C=O) groups is 2. The second kappa shape index (κ2) is 6.83. The van der Waals surface area contributed by atoms with Gasteiger partial charge in [0.05, 0.1) is 5.56 Å². The van der Waals surface area contributed by atoms with E-state index in [1.54, 1.807) is 11.6 Å². The largest absolute Gasteiger partial charge is 0.416 e. The predicted octanol–water partition coefficient (Wildman–Crippen LogP) is 3.41. The zero-order valence-electron chi connectivity index (χ0n) is 12.9. The lowest BCUT2D eigenvalue weighted by Gasteiger charge is -2.22. The average Bonchev–Trinajstić information content (AvgIpc) is 3.28. The SMILES string of the molecule is O=C(CN(C(=O)c1ccc(C(F)(F)F)cc1)C1CC1)Nc1nccs1. The number of nitrogens with zero attached hydrogens (tertiary/aromatic N) is 2. The molecule has 1 aliphatic carbocycles. The lowest BCUT2D eigenvalue weighted by molar-refractivity contribution is -0.137. The average molecular weight is 369 g/mol. The van der Waals surface area contributed by atoms with Crippen molar-refractivity contribution in [3.8, 4) is 0 Å². The second-order valence-electron chi connectivity index (χ2n) is 5.62. The second-order valence-corrected chi connectivity index (χ2v) is 6.52. The van der Waals surface area contributed by atoms with Crippen LogP contribution in [-0.2, 0) is 11.0 Å². The first kappa shape index (κ1) is 17.4. The molecule has 0 bridgehead atoms. The Hall–Kier alpha value is -2.42. The molecular formula is C16H14F3N3O2S. The molecule has 3 rings (SSSR count). The van der Waals surface area contributed by atoms with Crippen molar-refractivity contribution in [3.63, 3.8) is 0 Å². The normalized spacial score (nSPS) is 14.2. The van der Waals surface area contributed by atoms with Crippen molar-refractivity contribution < 1.29 is 22.8 Å². The Balaban J connectivity index is 1.69.